The van der Waals surface area contributed by atoms with E-state index in [1.165, 1.54) is 4.90 Å². The Labute approximate surface area is 164 Å². The molecule has 146 valence electrons. The predicted octanol–water partition coefficient (Wildman–Crippen LogP) is 1.88. The van der Waals surface area contributed by atoms with Gasteiger partial charge in [-0.1, -0.05) is 30.3 Å². The van der Waals surface area contributed by atoms with Gasteiger partial charge in [0.05, 0.1) is 0 Å². The number of anilines is 2. The molecule has 4 rings (SSSR count). The first-order valence-electron chi connectivity index (χ1n) is 9.56. The summed E-state index contributed by atoms with van der Waals surface area (Å²) in [4.78, 5) is 39.7. The molecule has 3 amide bonds. The van der Waals surface area contributed by atoms with Gasteiger partial charge >= 0.3 is 6.03 Å². The standard InChI is InChI=1S/C20H24N6O2/c1-2-25-17(27)20(26(19(25)28)14-15-6-4-3-5-7-15)9-12-24(13-10-20)16-8-11-22-18(21)23-16/h3-8,11H,2,9-10,12-14H2,1H3,(H2,21,22,23). The Morgan fingerprint density at radius 2 is 1.82 bits per heavy atom. The molecular weight excluding hydrogens is 356 g/mol. The molecule has 0 atom stereocenters. The Morgan fingerprint density at radius 1 is 1.11 bits per heavy atom. The average Bonchev–Trinajstić information content (AvgIpc) is 2.90. The Kier molecular flexibility index (Phi) is 4.62. The van der Waals surface area contributed by atoms with Crippen molar-refractivity contribution in [2.75, 3.05) is 30.3 Å². The summed E-state index contributed by atoms with van der Waals surface area (Å²) in [5, 5.41) is 0. The highest BCUT2D eigenvalue weighted by Crippen LogP contribution is 2.39. The third kappa shape index (κ3) is 2.94. The molecule has 0 bridgehead atoms. The number of carbonyl (C=O) groups excluding carboxylic acids is 2. The van der Waals surface area contributed by atoms with Crippen LogP contribution < -0.4 is 10.6 Å². The van der Waals surface area contributed by atoms with Gasteiger partial charge < -0.3 is 15.5 Å². The molecule has 0 radical (unpaired) electrons. The Hall–Kier alpha value is -3.16. The molecule has 1 aromatic heterocycles. The zero-order chi connectivity index (χ0) is 19.7. The second-order valence-corrected chi connectivity index (χ2v) is 7.20. The maximum atomic E-state index is 13.2. The van der Waals surface area contributed by atoms with Gasteiger partial charge in [-0.15, -0.1) is 0 Å². The van der Waals surface area contributed by atoms with Crippen molar-refractivity contribution in [2.45, 2.75) is 31.8 Å². The van der Waals surface area contributed by atoms with Crippen LogP contribution in [0.2, 0.25) is 0 Å². The number of hydrogen-bond acceptors (Lipinski definition) is 6. The third-order valence-electron chi connectivity index (χ3n) is 5.70. The van der Waals surface area contributed by atoms with Crippen LogP contribution in [0.15, 0.2) is 42.6 Å². The van der Waals surface area contributed by atoms with Crippen LogP contribution in [-0.2, 0) is 11.3 Å². The molecule has 8 heteroatoms. The Balaban J connectivity index is 1.60. The van der Waals surface area contributed by atoms with Crippen LogP contribution in [0.3, 0.4) is 0 Å². The van der Waals surface area contributed by atoms with Crippen LogP contribution in [-0.4, -0.2) is 56.9 Å². The van der Waals surface area contributed by atoms with E-state index in [2.05, 4.69) is 14.9 Å². The van der Waals surface area contributed by atoms with Crippen molar-refractivity contribution in [3.8, 4) is 0 Å². The monoisotopic (exact) mass is 380 g/mol. The quantitative estimate of drug-likeness (QED) is 0.814. The largest absolute Gasteiger partial charge is 0.368 e. The number of urea groups is 1. The summed E-state index contributed by atoms with van der Waals surface area (Å²) >= 11 is 0. The number of piperidine rings is 1. The summed E-state index contributed by atoms with van der Waals surface area (Å²) in [6.07, 6.45) is 2.75. The maximum Gasteiger partial charge on any atom is 0.327 e. The minimum atomic E-state index is -0.794. The smallest absolute Gasteiger partial charge is 0.327 e. The molecule has 2 saturated heterocycles. The maximum absolute atomic E-state index is 13.2. The molecule has 2 aliphatic heterocycles. The lowest BCUT2D eigenvalue weighted by molar-refractivity contribution is -0.134. The summed E-state index contributed by atoms with van der Waals surface area (Å²) in [5.74, 6) is 0.895. The van der Waals surface area contributed by atoms with E-state index in [9.17, 15) is 9.59 Å². The van der Waals surface area contributed by atoms with Crippen LogP contribution in [0.4, 0.5) is 16.6 Å². The number of likely N-dealkylation sites (N-methyl/N-ethyl adjacent to an activating group) is 1. The van der Waals surface area contributed by atoms with E-state index in [0.717, 1.165) is 11.4 Å². The van der Waals surface area contributed by atoms with Crippen LogP contribution in [0.25, 0.3) is 0 Å². The lowest BCUT2D eigenvalue weighted by Gasteiger charge is -2.42. The highest BCUT2D eigenvalue weighted by atomic mass is 16.2. The molecule has 1 aromatic carbocycles. The van der Waals surface area contributed by atoms with Gasteiger partial charge in [0.15, 0.2) is 0 Å². The third-order valence-corrected chi connectivity index (χ3v) is 5.70. The van der Waals surface area contributed by atoms with Crippen molar-refractivity contribution in [1.29, 1.82) is 0 Å². The number of benzene rings is 1. The highest BCUT2D eigenvalue weighted by molar-refractivity contribution is 6.07. The number of rotatable bonds is 4. The first-order valence-corrected chi connectivity index (χ1v) is 9.56. The molecule has 8 nitrogen and oxygen atoms in total. The second kappa shape index (κ2) is 7.10. The molecule has 2 aromatic rings. The van der Waals surface area contributed by atoms with Gasteiger partial charge in [-0.05, 0) is 31.4 Å². The number of hydrogen-bond donors (Lipinski definition) is 1. The Morgan fingerprint density at radius 3 is 2.46 bits per heavy atom. The average molecular weight is 380 g/mol. The number of aromatic nitrogens is 2. The number of amides is 3. The van der Waals surface area contributed by atoms with Crippen LogP contribution in [0.5, 0.6) is 0 Å². The fourth-order valence-electron chi connectivity index (χ4n) is 4.18. The van der Waals surface area contributed by atoms with Crippen molar-refractivity contribution < 1.29 is 9.59 Å². The number of nitrogens with zero attached hydrogens (tertiary/aromatic N) is 5. The summed E-state index contributed by atoms with van der Waals surface area (Å²) in [5.41, 5.74) is 5.93. The minimum absolute atomic E-state index is 0.0854. The molecule has 0 saturated carbocycles. The van der Waals surface area contributed by atoms with E-state index in [1.807, 2.05) is 43.3 Å². The minimum Gasteiger partial charge on any atom is -0.368 e. The highest BCUT2D eigenvalue weighted by Gasteiger charge is 2.57. The molecule has 2 N–H and O–H groups in total. The van der Waals surface area contributed by atoms with Crippen molar-refractivity contribution in [3.63, 3.8) is 0 Å². The van der Waals surface area contributed by atoms with Crippen LogP contribution in [0.1, 0.15) is 25.3 Å². The topological polar surface area (TPSA) is 95.7 Å². The van der Waals surface area contributed by atoms with E-state index in [1.54, 1.807) is 11.1 Å². The van der Waals surface area contributed by atoms with Gasteiger partial charge in [0.1, 0.15) is 11.4 Å². The summed E-state index contributed by atoms with van der Waals surface area (Å²) < 4.78 is 0. The molecule has 2 fully saturated rings. The number of nitrogen functional groups attached to an aromatic ring is 1. The van der Waals surface area contributed by atoms with E-state index in [-0.39, 0.29) is 17.9 Å². The molecule has 1 spiro atoms. The van der Waals surface area contributed by atoms with Gasteiger partial charge in [-0.2, -0.15) is 4.98 Å². The predicted molar refractivity (Wildman–Crippen MR) is 105 cm³/mol. The molecule has 0 unspecified atom stereocenters. The second-order valence-electron chi connectivity index (χ2n) is 7.20. The summed E-state index contributed by atoms with van der Waals surface area (Å²) in [7, 11) is 0. The van der Waals surface area contributed by atoms with E-state index in [4.69, 9.17) is 5.73 Å². The van der Waals surface area contributed by atoms with Crippen molar-refractivity contribution in [3.05, 3.63) is 48.2 Å². The first-order chi connectivity index (χ1) is 13.5. The van der Waals surface area contributed by atoms with Crippen molar-refractivity contribution in [2.24, 2.45) is 0 Å². The summed E-state index contributed by atoms with van der Waals surface area (Å²) in [6, 6.07) is 11.4. The zero-order valence-electron chi connectivity index (χ0n) is 15.9. The van der Waals surface area contributed by atoms with Crippen molar-refractivity contribution >= 4 is 23.7 Å². The SMILES string of the molecule is CCN1C(=O)N(Cc2ccccc2)C2(CCN(c3ccnc(N)n3)CC2)C1=O. The molecule has 3 heterocycles. The lowest BCUT2D eigenvalue weighted by atomic mass is 9.85. The molecule has 28 heavy (non-hydrogen) atoms. The van der Waals surface area contributed by atoms with Crippen LogP contribution >= 0.6 is 0 Å². The molecule has 0 aliphatic carbocycles. The van der Waals surface area contributed by atoms with E-state index < -0.39 is 5.54 Å². The van der Waals surface area contributed by atoms with E-state index in [0.29, 0.717) is 39.0 Å². The molecule has 2 aliphatic rings. The first kappa shape index (κ1) is 18.2. The lowest BCUT2D eigenvalue weighted by Crippen LogP contribution is -2.56. The number of carbonyl (C=O) groups is 2. The van der Waals surface area contributed by atoms with Gasteiger partial charge in [0, 0.05) is 32.4 Å². The summed E-state index contributed by atoms with van der Waals surface area (Å²) in [6.45, 7) is 3.91. The fourth-order valence-corrected chi connectivity index (χ4v) is 4.18. The number of nitrogens with two attached hydrogens (primary N) is 1. The van der Waals surface area contributed by atoms with Gasteiger partial charge in [0.25, 0.3) is 5.91 Å². The van der Waals surface area contributed by atoms with Gasteiger partial charge in [-0.25, -0.2) is 9.78 Å². The van der Waals surface area contributed by atoms with Crippen molar-refractivity contribution in [1.82, 2.24) is 19.8 Å². The van der Waals surface area contributed by atoms with Crippen LogP contribution in [0, 0.1) is 0 Å². The Bertz CT molecular complexity index is 879. The fraction of sp³-hybridized carbons (Fsp3) is 0.400. The van der Waals surface area contributed by atoms with E-state index >= 15 is 0 Å². The van der Waals surface area contributed by atoms with Gasteiger partial charge in [0.2, 0.25) is 5.95 Å². The number of imide groups is 1. The normalized spacial score (nSPS) is 19.0. The van der Waals surface area contributed by atoms with Gasteiger partial charge in [-0.3, -0.25) is 9.69 Å². The zero-order valence-corrected chi connectivity index (χ0v) is 15.9. The molecular formula is C20H24N6O2.